The predicted octanol–water partition coefficient (Wildman–Crippen LogP) is 0.766. The van der Waals surface area contributed by atoms with E-state index in [4.69, 9.17) is 0 Å². The van der Waals surface area contributed by atoms with Crippen molar-refractivity contribution in [1.29, 1.82) is 0 Å². The van der Waals surface area contributed by atoms with E-state index >= 15 is 0 Å². The first-order valence-electron chi connectivity index (χ1n) is 7.51. The van der Waals surface area contributed by atoms with Crippen molar-refractivity contribution in [1.82, 2.24) is 19.7 Å². The summed E-state index contributed by atoms with van der Waals surface area (Å²) in [5.41, 5.74) is 1.21. The molecular formula is C17H15N5O3. The Hall–Kier alpha value is -3.55. The second-order valence-corrected chi connectivity index (χ2v) is 5.33. The minimum atomic E-state index is -0.658. The van der Waals surface area contributed by atoms with E-state index in [1.54, 1.807) is 30.6 Å². The van der Waals surface area contributed by atoms with Crippen molar-refractivity contribution >= 4 is 23.1 Å². The minimum absolute atomic E-state index is 0.128. The first-order valence-corrected chi connectivity index (χ1v) is 7.51. The zero-order chi connectivity index (χ0) is 17.8. The summed E-state index contributed by atoms with van der Waals surface area (Å²) in [5.74, 6) is -1.08. The molecule has 0 aliphatic rings. The summed E-state index contributed by atoms with van der Waals surface area (Å²) in [6.07, 6.45) is 5.84. The number of rotatable bonds is 4. The van der Waals surface area contributed by atoms with Gasteiger partial charge in [-0.2, -0.15) is 0 Å². The van der Waals surface area contributed by atoms with E-state index < -0.39 is 17.4 Å². The molecule has 0 fully saturated rings. The zero-order valence-corrected chi connectivity index (χ0v) is 13.4. The summed E-state index contributed by atoms with van der Waals surface area (Å²) < 4.78 is 1.31. The first kappa shape index (κ1) is 16.3. The molecule has 0 aromatic carbocycles. The molecule has 2 amide bonds. The van der Waals surface area contributed by atoms with E-state index in [2.05, 4.69) is 20.6 Å². The molecule has 0 saturated carbocycles. The van der Waals surface area contributed by atoms with Gasteiger partial charge in [-0.25, -0.2) is 4.98 Å². The third-order valence-corrected chi connectivity index (χ3v) is 3.53. The Morgan fingerprint density at radius 2 is 2.04 bits per heavy atom. The SMILES string of the molecule is Cc1cccn2c(=O)c(C(=O)NCC(=O)Nc3cccnc3)cnc12. The van der Waals surface area contributed by atoms with Crippen molar-refractivity contribution in [2.45, 2.75) is 6.92 Å². The first-order chi connectivity index (χ1) is 12.1. The Labute approximate surface area is 142 Å². The predicted molar refractivity (Wildman–Crippen MR) is 91.4 cm³/mol. The van der Waals surface area contributed by atoms with E-state index in [0.29, 0.717) is 11.3 Å². The number of pyridine rings is 2. The summed E-state index contributed by atoms with van der Waals surface area (Å²) in [5, 5.41) is 5.00. The molecule has 2 N–H and O–H groups in total. The molecule has 3 rings (SSSR count). The molecule has 0 atom stereocenters. The topological polar surface area (TPSA) is 105 Å². The van der Waals surface area contributed by atoms with E-state index in [9.17, 15) is 14.4 Å². The molecule has 8 nitrogen and oxygen atoms in total. The number of nitrogens with one attached hydrogen (secondary N) is 2. The van der Waals surface area contributed by atoms with E-state index in [-0.39, 0.29) is 12.1 Å². The number of hydrogen-bond acceptors (Lipinski definition) is 5. The third-order valence-electron chi connectivity index (χ3n) is 3.53. The molecule has 0 aliphatic heterocycles. The number of hydrogen-bond donors (Lipinski definition) is 2. The van der Waals surface area contributed by atoms with Gasteiger partial charge in [0.15, 0.2) is 0 Å². The van der Waals surface area contributed by atoms with Crippen molar-refractivity contribution in [3.63, 3.8) is 0 Å². The summed E-state index contributed by atoms with van der Waals surface area (Å²) >= 11 is 0. The van der Waals surface area contributed by atoms with Crippen LogP contribution in [0.3, 0.4) is 0 Å². The molecular weight excluding hydrogens is 322 g/mol. The lowest BCUT2D eigenvalue weighted by molar-refractivity contribution is -0.115. The molecule has 3 heterocycles. The molecule has 0 bridgehead atoms. The summed E-state index contributed by atoms with van der Waals surface area (Å²) in [6.45, 7) is 1.55. The summed E-state index contributed by atoms with van der Waals surface area (Å²) in [7, 11) is 0. The number of fused-ring (bicyclic) bond motifs is 1. The lowest BCUT2D eigenvalue weighted by atomic mass is 10.2. The van der Waals surface area contributed by atoms with E-state index in [1.165, 1.54) is 16.8 Å². The summed E-state index contributed by atoms with van der Waals surface area (Å²) in [4.78, 5) is 44.5. The molecule has 0 spiro atoms. The third kappa shape index (κ3) is 3.52. The molecule has 126 valence electrons. The summed E-state index contributed by atoms with van der Waals surface area (Å²) in [6, 6.07) is 6.88. The molecule has 3 aromatic rings. The number of aryl methyl sites for hydroxylation is 1. The average Bonchev–Trinajstić information content (AvgIpc) is 2.61. The van der Waals surface area contributed by atoms with Crippen LogP contribution in [-0.2, 0) is 4.79 Å². The quantitative estimate of drug-likeness (QED) is 0.731. The number of amides is 2. The van der Waals surface area contributed by atoms with Gasteiger partial charge in [-0.05, 0) is 30.7 Å². The zero-order valence-electron chi connectivity index (χ0n) is 13.4. The number of nitrogens with zero attached hydrogens (tertiary/aromatic N) is 3. The van der Waals surface area contributed by atoms with Gasteiger partial charge >= 0.3 is 0 Å². The molecule has 0 unspecified atom stereocenters. The smallest absolute Gasteiger partial charge is 0.270 e. The highest BCUT2D eigenvalue weighted by molar-refractivity contribution is 5.99. The van der Waals surface area contributed by atoms with Gasteiger partial charge in [0.2, 0.25) is 5.91 Å². The second kappa shape index (κ2) is 6.91. The Kier molecular flexibility index (Phi) is 4.51. The molecule has 0 radical (unpaired) electrons. The van der Waals surface area contributed by atoms with Gasteiger partial charge in [0.25, 0.3) is 11.5 Å². The highest BCUT2D eigenvalue weighted by Gasteiger charge is 2.14. The van der Waals surface area contributed by atoms with Crippen molar-refractivity contribution < 1.29 is 9.59 Å². The van der Waals surface area contributed by atoms with Crippen molar-refractivity contribution in [3.8, 4) is 0 Å². The van der Waals surface area contributed by atoms with Crippen molar-refractivity contribution in [2.75, 3.05) is 11.9 Å². The Balaban J connectivity index is 1.71. The van der Waals surface area contributed by atoms with Crippen LogP contribution in [0.5, 0.6) is 0 Å². The Bertz CT molecular complexity index is 998. The van der Waals surface area contributed by atoms with Gasteiger partial charge in [0.1, 0.15) is 11.2 Å². The van der Waals surface area contributed by atoms with Gasteiger partial charge in [0.05, 0.1) is 18.4 Å². The molecule has 0 saturated heterocycles. The normalized spacial score (nSPS) is 10.4. The van der Waals surface area contributed by atoms with Crippen LogP contribution in [0.15, 0.2) is 53.8 Å². The highest BCUT2D eigenvalue weighted by atomic mass is 16.2. The Morgan fingerprint density at radius 3 is 2.80 bits per heavy atom. The lowest BCUT2D eigenvalue weighted by Gasteiger charge is -2.08. The maximum absolute atomic E-state index is 12.4. The van der Waals surface area contributed by atoms with Crippen LogP contribution >= 0.6 is 0 Å². The fourth-order valence-corrected chi connectivity index (χ4v) is 2.30. The maximum atomic E-state index is 12.4. The molecule has 8 heteroatoms. The van der Waals surface area contributed by atoms with Crippen LogP contribution in [-0.4, -0.2) is 32.7 Å². The largest absolute Gasteiger partial charge is 0.343 e. The van der Waals surface area contributed by atoms with Crippen LogP contribution in [0, 0.1) is 6.92 Å². The van der Waals surface area contributed by atoms with E-state index in [0.717, 1.165) is 5.56 Å². The average molecular weight is 337 g/mol. The van der Waals surface area contributed by atoms with E-state index in [1.807, 2.05) is 13.0 Å². The van der Waals surface area contributed by atoms with Gasteiger partial charge in [0, 0.05) is 18.6 Å². The minimum Gasteiger partial charge on any atom is -0.343 e. The van der Waals surface area contributed by atoms with Crippen LogP contribution in [0.2, 0.25) is 0 Å². The second-order valence-electron chi connectivity index (χ2n) is 5.33. The van der Waals surface area contributed by atoms with Gasteiger partial charge < -0.3 is 10.6 Å². The van der Waals surface area contributed by atoms with Crippen LogP contribution in [0.4, 0.5) is 5.69 Å². The van der Waals surface area contributed by atoms with Crippen LogP contribution in [0.1, 0.15) is 15.9 Å². The highest BCUT2D eigenvalue weighted by Crippen LogP contribution is 2.05. The monoisotopic (exact) mass is 337 g/mol. The van der Waals surface area contributed by atoms with Gasteiger partial charge in [-0.1, -0.05) is 6.07 Å². The van der Waals surface area contributed by atoms with Crippen LogP contribution < -0.4 is 16.2 Å². The number of carbonyl (C=O) groups excluding carboxylic acids is 2. The van der Waals surface area contributed by atoms with Crippen molar-refractivity contribution in [3.05, 3.63) is 70.5 Å². The maximum Gasteiger partial charge on any atom is 0.270 e. The lowest BCUT2D eigenvalue weighted by Crippen LogP contribution is -2.36. The van der Waals surface area contributed by atoms with Crippen LogP contribution in [0.25, 0.3) is 5.65 Å². The van der Waals surface area contributed by atoms with Crippen molar-refractivity contribution in [2.24, 2.45) is 0 Å². The fourth-order valence-electron chi connectivity index (χ4n) is 2.30. The molecule has 0 aliphatic carbocycles. The molecule has 3 aromatic heterocycles. The number of anilines is 1. The fraction of sp³-hybridized carbons (Fsp3) is 0.118. The van der Waals surface area contributed by atoms with Gasteiger partial charge in [-0.3, -0.25) is 23.8 Å². The van der Waals surface area contributed by atoms with Gasteiger partial charge in [-0.15, -0.1) is 0 Å². The standard InChI is InChI=1S/C17H15N5O3/c1-11-4-3-7-22-15(11)19-9-13(17(22)25)16(24)20-10-14(23)21-12-5-2-6-18-8-12/h2-9H,10H2,1H3,(H,20,24)(H,21,23). The number of aromatic nitrogens is 3. The molecule has 25 heavy (non-hydrogen) atoms. The Morgan fingerprint density at radius 1 is 1.20 bits per heavy atom. The number of carbonyl (C=O) groups is 2.